The minimum atomic E-state index is -0.627. The van der Waals surface area contributed by atoms with E-state index in [0.29, 0.717) is 36.7 Å². The number of benzene rings is 1. The second kappa shape index (κ2) is 6.75. The predicted octanol–water partition coefficient (Wildman–Crippen LogP) is 2.07. The molecule has 2 aliphatic rings. The summed E-state index contributed by atoms with van der Waals surface area (Å²) in [7, 11) is 0. The maximum absolute atomic E-state index is 14.0. The first-order valence-electron chi connectivity index (χ1n) is 8.95. The molecule has 0 saturated carbocycles. The minimum absolute atomic E-state index is 0.259. The number of aromatic nitrogens is 3. The molecule has 0 spiro atoms. The number of rotatable bonds is 3. The molecule has 3 heterocycles. The number of carbonyl (C=O) groups is 1. The number of nitrogens with one attached hydrogen (secondary N) is 1. The van der Waals surface area contributed by atoms with Crippen LogP contribution in [0.5, 0.6) is 0 Å². The summed E-state index contributed by atoms with van der Waals surface area (Å²) in [6, 6.07) is 2.14. The molecule has 2 aliphatic heterocycles. The predicted molar refractivity (Wildman–Crippen MR) is 90.6 cm³/mol. The molecule has 26 heavy (non-hydrogen) atoms. The van der Waals surface area contributed by atoms with Crippen molar-refractivity contribution in [3.8, 4) is 0 Å². The van der Waals surface area contributed by atoms with E-state index in [-0.39, 0.29) is 11.6 Å². The highest BCUT2D eigenvalue weighted by Crippen LogP contribution is 2.32. The van der Waals surface area contributed by atoms with E-state index in [1.165, 1.54) is 6.07 Å². The molecule has 1 N–H and O–H groups in total. The molecule has 1 amide bonds. The molecule has 2 aromatic rings. The van der Waals surface area contributed by atoms with Crippen molar-refractivity contribution in [2.45, 2.75) is 44.8 Å². The monoisotopic (exact) mass is 361 g/mol. The van der Waals surface area contributed by atoms with Crippen LogP contribution in [-0.2, 0) is 13.0 Å². The maximum Gasteiger partial charge on any atom is 0.276 e. The molecule has 4 rings (SSSR count). The van der Waals surface area contributed by atoms with Crippen molar-refractivity contribution in [3.63, 3.8) is 0 Å². The largest absolute Gasteiger partial charge is 0.330 e. The Morgan fingerprint density at radius 2 is 2.23 bits per heavy atom. The summed E-state index contributed by atoms with van der Waals surface area (Å²) in [5.74, 6) is -1.44. The van der Waals surface area contributed by atoms with Gasteiger partial charge in [0.15, 0.2) is 5.69 Å². The van der Waals surface area contributed by atoms with Crippen LogP contribution in [0.1, 0.15) is 47.4 Å². The van der Waals surface area contributed by atoms with Crippen LogP contribution in [-0.4, -0.2) is 44.9 Å². The minimum Gasteiger partial charge on any atom is -0.330 e. The van der Waals surface area contributed by atoms with Gasteiger partial charge in [-0.15, -0.1) is 5.10 Å². The van der Waals surface area contributed by atoms with Crippen LogP contribution in [0.15, 0.2) is 18.3 Å². The van der Waals surface area contributed by atoms with Crippen molar-refractivity contribution in [3.05, 3.63) is 46.8 Å². The van der Waals surface area contributed by atoms with Crippen LogP contribution in [0.4, 0.5) is 8.78 Å². The molecule has 1 aromatic carbocycles. The van der Waals surface area contributed by atoms with Crippen molar-refractivity contribution in [1.29, 1.82) is 0 Å². The molecule has 0 bridgehead atoms. The molecule has 1 aromatic heterocycles. The summed E-state index contributed by atoms with van der Waals surface area (Å²) in [6.45, 7) is 3.83. The first kappa shape index (κ1) is 17.1. The third kappa shape index (κ3) is 3.09. The highest BCUT2D eigenvalue weighted by Gasteiger charge is 2.31. The first-order chi connectivity index (χ1) is 12.5. The van der Waals surface area contributed by atoms with E-state index in [1.54, 1.807) is 22.7 Å². The smallest absolute Gasteiger partial charge is 0.276 e. The Balaban J connectivity index is 1.52. The van der Waals surface area contributed by atoms with Gasteiger partial charge in [-0.25, -0.2) is 8.78 Å². The zero-order valence-corrected chi connectivity index (χ0v) is 14.6. The maximum atomic E-state index is 14.0. The fourth-order valence-corrected chi connectivity index (χ4v) is 3.90. The van der Waals surface area contributed by atoms with Crippen LogP contribution >= 0.6 is 0 Å². The van der Waals surface area contributed by atoms with E-state index in [9.17, 15) is 13.6 Å². The summed E-state index contributed by atoms with van der Waals surface area (Å²) < 4.78 is 29.3. The van der Waals surface area contributed by atoms with Crippen LogP contribution in [0.2, 0.25) is 0 Å². The normalized spacial score (nSPS) is 22.5. The van der Waals surface area contributed by atoms with Gasteiger partial charge in [-0.05, 0) is 49.9 Å². The molecule has 2 atom stereocenters. The Hall–Kier alpha value is -2.35. The molecule has 0 aliphatic carbocycles. The number of hydrogen-bond acceptors (Lipinski definition) is 4. The van der Waals surface area contributed by atoms with Crippen LogP contribution in [0.25, 0.3) is 0 Å². The van der Waals surface area contributed by atoms with Crippen molar-refractivity contribution >= 4 is 5.91 Å². The Kier molecular flexibility index (Phi) is 4.44. The lowest BCUT2D eigenvalue weighted by Gasteiger charge is -2.35. The Labute approximate surface area is 150 Å². The molecule has 8 heteroatoms. The van der Waals surface area contributed by atoms with Gasteiger partial charge in [0.05, 0.1) is 18.8 Å². The molecular weight excluding hydrogens is 340 g/mol. The lowest BCUT2D eigenvalue weighted by atomic mass is 9.92. The third-order valence-corrected chi connectivity index (χ3v) is 5.30. The van der Waals surface area contributed by atoms with Crippen LogP contribution < -0.4 is 5.32 Å². The van der Waals surface area contributed by atoms with Gasteiger partial charge in [-0.1, -0.05) is 5.21 Å². The molecule has 0 radical (unpaired) electrons. The van der Waals surface area contributed by atoms with Gasteiger partial charge in [0.1, 0.15) is 11.6 Å². The quantitative estimate of drug-likeness (QED) is 0.909. The summed E-state index contributed by atoms with van der Waals surface area (Å²) in [6.07, 6.45) is 4.23. The molecule has 1 fully saturated rings. The third-order valence-electron chi connectivity index (χ3n) is 5.30. The summed E-state index contributed by atoms with van der Waals surface area (Å²) in [5, 5.41) is 11.4. The second-order valence-electron chi connectivity index (χ2n) is 7.00. The Morgan fingerprint density at radius 1 is 1.38 bits per heavy atom. The molecule has 2 unspecified atom stereocenters. The highest BCUT2D eigenvalue weighted by molar-refractivity contribution is 5.92. The SMILES string of the molecule is CC1c2cc(F)cc(F)c2CCN1C(=O)c1cn(CC2CCCN2)nn1. The fourth-order valence-electron chi connectivity index (χ4n) is 3.90. The van der Waals surface area contributed by atoms with Gasteiger partial charge in [0, 0.05) is 18.7 Å². The van der Waals surface area contributed by atoms with Crippen molar-refractivity contribution < 1.29 is 13.6 Å². The van der Waals surface area contributed by atoms with Gasteiger partial charge in [-0.2, -0.15) is 0 Å². The van der Waals surface area contributed by atoms with Crippen molar-refractivity contribution in [2.75, 3.05) is 13.1 Å². The highest BCUT2D eigenvalue weighted by atomic mass is 19.1. The number of amides is 1. The van der Waals surface area contributed by atoms with Gasteiger partial charge in [0.2, 0.25) is 0 Å². The molecule has 6 nitrogen and oxygen atoms in total. The van der Waals surface area contributed by atoms with E-state index in [0.717, 1.165) is 25.5 Å². The van der Waals surface area contributed by atoms with Crippen molar-refractivity contribution in [1.82, 2.24) is 25.2 Å². The summed E-state index contributed by atoms with van der Waals surface area (Å²) >= 11 is 0. The van der Waals surface area contributed by atoms with Crippen molar-refractivity contribution in [2.24, 2.45) is 0 Å². The standard InChI is InChI=1S/C18H21F2N5O/c1-11-15-7-12(19)8-16(20)14(15)4-6-25(11)18(26)17-10-24(23-22-17)9-13-3-2-5-21-13/h7-8,10-11,13,21H,2-6,9H2,1H3. The van der Waals surface area contributed by atoms with E-state index >= 15 is 0 Å². The van der Waals surface area contributed by atoms with E-state index in [2.05, 4.69) is 15.6 Å². The van der Waals surface area contributed by atoms with Gasteiger partial charge < -0.3 is 10.2 Å². The first-order valence-corrected chi connectivity index (χ1v) is 8.95. The van der Waals surface area contributed by atoms with E-state index < -0.39 is 17.7 Å². The van der Waals surface area contributed by atoms with Crippen LogP contribution in [0, 0.1) is 11.6 Å². The molecule has 138 valence electrons. The Morgan fingerprint density at radius 3 is 3.00 bits per heavy atom. The lowest BCUT2D eigenvalue weighted by molar-refractivity contribution is 0.0669. The topological polar surface area (TPSA) is 63.1 Å². The lowest BCUT2D eigenvalue weighted by Crippen LogP contribution is -2.39. The number of hydrogen-bond donors (Lipinski definition) is 1. The van der Waals surface area contributed by atoms with Gasteiger partial charge in [-0.3, -0.25) is 9.48 Å². The fraction of sp³-hybridized carbons (Fsp3) is 0.500. The number of fused-ring (bicyclic) bond motifs is 1. The number of carbonyl (C=O) groups excluding carboxylic acids is 1. The molecule has 1 saturated heterocycles. The zero-order valence-electron chi connectivity index (χ0n) is 14.6. The zero-order chi connectivity index (χ0) is 18.3. The van der Waals surface area contributed by atoms with Gasteiger partial charge >= 0.3 is 0 Å². The second-order valence-corrected chi connectivity index (χ2v) is 7.00. The summed E-state index contributed by atoms with van der Waals surface area (Å²) in [4.78, 5) is 14.4. The van der Waals surface area contributed by atoms with Crippen LogP contribution in [0.3, 0.4) is 0 Å². The van der Waals surface area contributed by atoms with E-state index in [1.807, 2.05) is 0 Å². The average molecular weight is 361 g/mol. The molecular formula is C18H21F2N5O. The van der Waals surface area contributed by atoms with E-state index in [4.69, 9.17) is 0 Å². The Bertz CT molecular complexity index is 831. The summed E-state index contributed by atoms with van der Waals surface area (Å²) in [5.41, 5.74) is 1.26. The van der Waals surface area contributed by atoms with Gasteiger partial charge in [0.25, 0.3) is 5.91 Å². The number of nitrogens with zero attached hydrogens (tertiary/aromatic N) is 4. The average Bonchev–Trinajstić information content (AvgIpc) is 3.28. The number of halogens is 2.